The summed E-state index contributed by atoms with van der Waals surface area (Å²) in [4.78, 5) is 14.1. The third-order valence-corrected chi connectivity index (χ3v) is 1.12. The molecule has 3 nitrogen and oxygen atoms in total. The van der Waals surface area contributed by atoms with Crippen LogP contribution in [0.15, 0.2) is 16.6 Å². The Labute approximate surface area is 53.3 Å². The fourth-order valence-electron chi connectivity index (χ4n) is 0.649. The van der Waals surface area contributed by atoms with Crippen molar-refractivity contribution in [2.45, 2.75) is 13.0 Å². The van der Waals surface area contributed by atoms with Crippen LogP contribution in [0.4, 0.5) is 0 Å². The van der Waals surface area contributed by atoms with Gasteiger partial charge in [0.15, 0.2) is 0 Å². The molecule has 0 saturated heterocycles. The first-order chi connectivity index (χ1) is 4.20. The Morgan fingerprint density at radius 3 is 2.89 bits per heavy atom. The lowest BCUT2D eigenvalue weighted by Crippen LogP contribution is -2.29. The number of carbonyl (C=O) groups excluding carboxylic acids is 1. The predicted molar refractivity (Wildman–Crippen MR) is 35.2 cm³/mol. The van der Waals surface area contributed by atoms with Gasteiger partial charge < -0.3 is 5.73 Å². The minimum Gasteiger partial charge on any atom is -0.317 e. The molecule has 0 radical (unpaired) electrons. The van der Waals surface area contributed by atoms with Crippen molar-refractivity contribution < 1.29 is 4.79 Å². The third kappa shape index (κ3) is 1.23. The average molecular weight is 124 g/mol. The van der Waals surface area contributed by atoms with Crippen LogP contribution in [0.25, 0.3) is 0 Å². The van der Waals surface area contributed by atoms with Gasteiger partial charge in [0.2, 0.25) is 0 Å². The van der Waals surface area contributed by atoms with Crippen molar-refractivity contribution in [3.05, 3.63) is 11.6 Å². The summed E-state index contributed by atoms with van der Waals surface area (Å²) in [7, 11) is 0. The van der Waals surface area contributed by atoms with Crippen LogP contribution in [-0.4, -0.2) is 18.2 Å². The maximum absolute atomic E-state index is 10.6. The molecule has 3 heteroatoms. The SMILES string of the molecule is CC1=C[C@H](N)C(=O)N=C1. The molecule has 0 aliphatic carbocycles. The van der Waals surface area contributed by atoms with E-state index in [1.54, 1.807) is 6.08 Å². The van der Waals surface area contributed by atoms with E-state index in [0.717, 1.165) is 5.57 Å². The van der Waals surface area contributed by atoms with Gasteiger partial charge in [-0.1, -0.05) is 6.08 Å². The number of hydrogen-bond acceptors (Lipinski definition) is 2. The predicted octanol–water partition coefficient (Wildman–Crippen LogP) is -0.129. The van der Waals surface area contributed by atoms with Gasteiger partial charge in [-0.25, -0.2) is 4.99 Å². The van der Waals surface area contributed by atoms with Crippen LogP contribution in [-0.2, 0) is 4.79 Å². The molecule has 1 rings (SSSR count). The molecular weight excluding hydrogens is 116 g/mol. The summed E-state index contributed by atoms with van der Waals surface area (Å²) < 4.78 is 0. The lowest BCUT2D eigenvalue weighted by atomic mass is 10.1. The highest BCUT2D eigenvalue weighted by molar-refractivity contribution is 5.98. The number of aliphatic imine (C=N–C) groups is 1. The van der Waals surface area contributed by atoms with E-state index >= 15 is 0 Å². The fraction of sp³-hybridized carbons (Fsp3) is 0.333. The zero-order chi connectivity index (χ0) is 6.85. The molecule has 0 fully saturated rings. The number of amides is 1. The van der Waals surface area contributed by atoms with Crippen LogP contribution in [0.1, 0.15) is 6.92 Å². The molecule has 0 saturated carbocycles. The summed E-state index contributed by atoms with van der Waals surface area (Å²) in [6.07, 6.45) is 3.21. The van der Waals surface area contributed by atoms with Gasteiger partial charge in [0.1, 0.15) is 6.04 Å². The molecular formula is C6H8N2O. The van der Waals surface area contributed by atoms with E-state index in [4.69, 9.17) is 5.73 Å². The van der Waals surface area contributed by atoms with E-state index < -0.39 is 6.04 Å². The number of allylic oxidation sites excluding steroid dienone is 1. The van der Waals surface area contributed by atoms with E-state index in [2.05, 4.69) is 4.99 Å². The van der Waals surface area contributed by atoms with Crippen molar-refractivity contribution in [1.29, 1.82) is 0 Å². The van der Waals surface area contributed by atoms with Crippen molar-refractivity contribution in [2.75, 3.05) is 0 Å². The standard InChI is InChI=1S/C6H8N2O/c1-4-2-5(7)6(9)8-3-4/h2-3,5H,7H2,1H3/t5-/m0/s1. The normalized spacial score (nSPS) is 26.2. The number of rotatable bonds is 0. The van der Waals surface area contributed by atoms with Gasteiger partial charge in [-0.05, 0) is 12.5 Å². The monoisotopic (exact) mass is 124 g/mol. The first kappa shape index (κ1) is 6.16. The molecule has 0 bridgehead atoms. The smallest absolute Gasteiger partial charge is 0.266 e. The maximum Gasteiger partial charge on any atom is 0.266 e. The number of dihydropyridines is 1. The minimum atomic E-state index is -0.519. The molecule has 1 heterocycles. The molecule has 1 aliphatic heterocycles. The van der Waals surface area contributed by atoms with Gasteiger partial charge in [0, 0.05) is 6.21 Å². The number of carbonyl (C=O) groups is 1. The lowest BCUT2D eigenvalue weighted by Gasteiger charge is -2.05. The molecule has 2 N–H and O–H groups in total. The molecule has 0 aromatic rings. The summed E-state index contributed by atoms with van der Waals surface area (Å²) in [6.45, 7) is 1.86. The Balaban J connectivity index is 2.82. The first-order valence-corrected chi connectivity index (χ1v) is 2.72. The molecule has 0 unspecified atom stereocenters. The number of nitrogens with two attached hydrogens (primary N) is 1. The van der Waals surface area contributed by atoms with Crippen LogP contribution in [0, 0.1) is 0 Å². The van der Waals surface area contributed by atoms with E-state index in [9.17, 15) is 4.79 Å². The number of nitrogens with zero attached hydrogens (tertiary/aromatic N) is 1. The number of hydrogen-bond donors (Lipinski definition) is 1. The van der Waals surface area contributed by atoms with Crippen LogP contribution >= 0.6 is 0 Å². The highest BCUT2D eigenvalue weighted by Crippen LogP contribution is 1.99. The van der Waals surface area contributed by atoms with Crippen LogP contribution in [0.2, 0.25) is 0 Å². The lowest BCUT2D eigenvalue weighted by molar-refractivity contribution is -0.118. The van der Waals surface area contributed by atoms with Crippen molar-refractivity contribution in [2.24, 2.45) is 10.7 Å². The fourth-order valence-corrected chi connectivity index (χ4v) is 0.649. The highest BCUT2D eigenvalue weighted by Gasteiger charge is 2.11. The zero-order valence-corrected chi connectivity index (χ0v) is 5.16. The molecule has 0 spiro atoms. The second kappa shape index (κ2) is 2.11. The Morgan fingerprint density at radius 2 is 2.44 bits per heavy atom. The maximum atomic E-state index is 10.6. The quantitative estimate of drug-likeness (QED) is 0.489. The topological polar surface area (TPSA) is 55.5 Å². The van der Waals surface area contributed by atoms with Crippen molar-refractivity contribution in [3.8, 4) is 0 Å². The van der Waals surface area contributed by atoms with Gasteiger partial charge in [-0.3, -0.25) is 4.79 Å². The second-order valence-electron chi connectivity index (χ2n) is 2.03. The molecule has 1 aliphatic rings. The van der Waals surface area contributed by atoms with Gasteiger partial charge >= 0.3 is 0 Å². The largest absolute Gasteiger partial charge is 0.317 e. The highest BCUT2D eigenvalue weighted by atomic mass is 16.1. The first-order valence-electron chi connectivity index (χ1n) is 2.72. The molecule has 48 valence electrons. The molecule has 1 amide bonds. The van der Waals surface area contributed by atoms with Crippen molar-refractivity contribution >= 4 is 12.1 Å². The Morgan fingerprint density at radius 1 is 1.78 bits per heavy atom. The summed E-state index contributed by atoms with van der Waals surface area (Å²) in [5.41, 5.74) is 6.28. The van der Waals surface area contributed by atoms with E-state index in [1.165, 1.54) is 6.21 Å². The van der Waals surface area contributed by atoms with E-state index in [0.29, 0.717) is 0 Å². The van der Waals surface area contributed by atoms with Crippen LogP contribution < -0.4 is 5.73 Å². The van der Waals surface area contributed by atoms with Crippen molar-refractivity contribution in [3.63, 3.8) is 0 Å². The van der Waals surface area contributed by atoms with Gasteiger partial charge in [-0.2, -0.15) is 0 Å². The molecule has 0 aromatic carbocycles. The van der Waals surface area contributed by atoms with Crippen LogP contribution in [0.5, 0.6) is 0 Å². The van der Waals surface area contributed by atoms with Gasteiger partial charge in [0.05, 0.1) is 0 Å². The van der Waals surface area contributed by atoms with E-state index in [1.807, 2.05) is 6.92 Å². The molecule has 0 aromatic heterocycles. The Hall–Kier alpha value is -0.960. The molecule has 1 atom stereocenters. The van der Waals surface area contributed by atoms with Crippen molar-refractivity contribution in [1.82, 2.24) is 0 Å². The van der Waals surface area contributed by atoms with Crippen LogP contribution in [0.3, 0.4) is 0 Å². The Kier molecular flexibility index (Phi) is 1.44. The van der Waals surface area contributed by atoms with Gasteiger partial charge in [0.25, 0.3) is 5.91 Å². The zero-order valence-electron chi connectivity index (χ0n) is 5.16. The average Bonchev–Trinajstić information content (AvgIpc) is 1.80. The van der Waals surface area contributed by atoms with Gasteiger partial charge in [-0.15, -0.1) is 0 Å². The summed E-state index contributed by atoms with van der Waals surface area (Å²) in [6, 6.07) is -0.519. The Bertz CT molecular complexity index is 193. The minimum absolute atomic E-state index is 0.263. The van der Waals surface area contributed by atoms with E-state index in [-0.39, 0.29) is 5.91 Å². The summed E-state index contributed by atoms with van der Waals surface area (Å²) in [5, 5.41) is 0. The summed E-state index contributed by atoms with van der Waals surface area (Å²) >= 11 is 0. The second-order valence-corrected chi connectivity index (χ2v) is 2.03. The molecule has 9 heavy (non-hydrogen) atoms. The summed E-state index contributed by atoms with van der Waals surface area (Å²) in [5.74, 6) is -0.263. The third-order valence-electron chi connectivity index (χ3n) is 1.12.